The van der Waals surface area contributed by atoms with Gasteiger partial charge < -0.3 is 5.11 Å². The summed E-state index contributed by atoms with van der Waals surface area (Å²) in [6.45, 7) is 4.40. The molecule has 0 aliphatic heterocycles. The summed E-state index contributed by atoms with van der Waals surface area (Å²) >= 11 is 0. The van der Waals surface area contributed by atoms with E-state index in [1.165, 1.54) is 5.57 Å². The molecule has 116 valence electrons. The summed E-state index contributed by atoms with van der Waals surface area (Å²) in [4.78, 5) is 3.86. The first-order valence-electron chi connectivity index (χ1n) is 7.59. The van der Waals surface area contributed by atoms with Gasteiger partial charge in [-0.15, -0.1) is 0 Å². The topological polar surface area (TPSA) is 48.4 Å². The molecule has 2 rings (SSSR count). The van der Waals surface area contributed by atoms with Crippen molar-refractivity contribution in [3.05, 3.63) is 63.5 Å². The number of phenolic OH excluding ortho intramolecular Hbond substituents is 1. The van der Waals surface area contributed by atoms with Crippen LogP contribution in [0.2, 0.25) is 0 Å². The summed E-state index contributed by atoms with van der Waals surface area (Å²) in [6, 6.07) is 12.1. The van der Waals surface area contributed by atoms with Crippen LogP contribution < -0.4 is 0 Å². The summed E-state index contributed by atoms with van der Waals surface area (Å²) in [6.07, 6.45) is 7.96. The minimum Gasteiger partial charge on any atom is -0.508 e. The van der Waals surface area contributed by atoms with Gasteiger partial charge in [-0.05, 0) is 47.1 Å². The van der Waals surface area contributed by atoms with E-state index in [4.69, 9.17) is 0 Å². The van der Waals surface area contributed by atoms with Gasteiger partial charge in [0.2, 0.25) is 0 Å². The van der Waals surface area contributed by atoms with E-state index in [2.05, 4.69) is 43.0 Å². The molecule has 0 spiro atoms. The average Bonchev–Trinajstić information content (AvgIpc) is 2.50. The van der Waals surface area contributed by atoms with E-state index >= 15 is 0 Å². The molecule has 3 heteroatoms. The van der Waals surface area contributed by atoms with Crippen LogP contribution in [-0.4, -0.2) is 12.2 Å². The fourth-order valence-corrected chi connectivity index (χ4v) is 2.79. The molecule has 3 nitrogen and oxygen atoms in total. The Morgan fingerprint density at radius 3 is 2.52 bits per heavy atom. The summed E-state index contributed by atoms with van der Waals surface area (Å²) in [5.41, 5.74) is 3.79. The van der Waals surface area contributed by atoms with Crippen molar-refractivity contribution in [3.8, 4) is 17.9 Å². The monoisotopic (exact) mass is 305 g/mol. The smallest absolute Gasteiger partial charge is 0.322 e. The highest BCUT2D eigenvalue weighted by atomic mass is 16.3. The standard InChI is InChI=1S/C20H20N2O/c1-20(2)11-16(5-4-15-6-8-19(23)9-7-15)10-17(12-20)18(13-21)14-22-3/h4-10H,11-12H2,1-3H3/p+1. The van der Waals surface area contributed by atoms with Gasteiger partial charge >= 0.3 is 6.07 Å². The lowest BCUT2D eigenvalue weighted by Crippen LogP contribution is -2.17. The van der Waals surface area contributed by atoms with Crippen LogP contribution in [0.1, 0.15) is 32.3 Å². The Hall–Kier alpha value is -2.78. The molecule has 0 heterocycles. The Balaban J connectivity index is 2.35. The molecule has 0 saturated carbocycles. The van der Waals surface area contributed by atoms with Crippen molar-refractivity contribution in [3.63, 3.8) is 0 Å². The first-order chi connectivity index (χ1) is 10.9. The molecule has 1 aliphatic rings. The molecule has 1 aliphatic carbocycles. The van der Waals surface area contributed by atoms with E-state index in [0.29, 0.717) is 5.57 Å². The molecular weight excluding hydrogens is 284 g/mol. The predicted molar refractivity (Wildman–Crippen MR) is 94.0 cm³/mol. The number of aromatic hydroxyl groups is 1. The molecular formula is C20H21N2O+. The maximum Gasteiger partial charge on any atom is 0.322 e. The SMILES string of the molecule is C[N+]#C/C(C#N)=C1C=C(/C=C/c2ccc(O)cc2)CC(C)(C)C/1. The van der Waals surface area contributed by atoms with E-state index in [1.807, 2.05) is 18.2 Å². The Morgan fingerprint density at radius 1 is 1.22 bits per heavy atom. The van der Waals surface area contributed by atoms with Gasteiger partial charge in [-0.2, -0.15) is 5.26 Å². The molecule has 1 aromatic carbocycles. The lowest BCUT2D eigenvalue weighted by atomic mass is 9.74. The van der Waals surface area contributed by atoms with E-state index in [0.717, 1.165) is 24.0 Å². The number of phenols is 1. The normalized spacial score (nSPS) is 18.6. The van der Waals surface area contributed by atoms with Gasteiger partial charge in [0.25, 0.3) is 7.05 Å². The van der Waals surface area contributed by atoms with Crippen LogP contribution in [-0.2, 0) is 0 Å². The summed E-state index contributed by atoms with van der Waals surface area (Å²) < 4.78 is 0. The number of benzene rings is 1. The van der Waals surface area contributed by atoms with Crippen molar-refractivity contribution in [1.82, 2.24) is 0 Å². The zero-order valence-electron chi connectivity index (χ0n) is 13.8. The first-order valence-corrected chi connectivity index (χ1v) is 7.59. The van der Waals surface area contributed by atoms with Crippen LogP contribution in [0.25, 0.3) is 10.9 Å². The third kappa shape index (κ3) is 4.59. The van der Waals surface area contributed by atoms with Crippen molar-refractivity contribution in [1.29, 1.82) is 5.26 Å². The molecule has 0 fully saturated rings. The second-order valence-electron chi connectivity index (χ2n) is 6.51. The molecule has 0 saturated heterocycles. The molecule has 1 aromatic rings. The van der Waals surface area contributed by atoms with Gasteiger partial charge in [0.05, 0.1) is 0 Å². The van der Waals surface area contributed by atoms with Crippen molar-refractivity contribution < 1.29 is 5.11 Å². The highest BCUT2D eigenvalue weighted by Crippen LogP contribution is 2.39. The van der Waals surface area contributed by atoms with Crippen LogP contribution in [0.4, 0.5) is 0 Å². The highest BCUT2D eigenvalue weighted by Gasteiger charge is 2.27. The van der Waals surface area contributed by atoms with Crippen LogP contribution in [0.15, 0.2) is 53.1 Å². The van der Waals surface area contributed by atoms with Crippen molar-refractivity contribution >= 4 is 6.08 Å². The summed E-state index contributed by atoms with van der Waals surface area (Å²) in [5.74, 6) is 0.262. The Labute approximate surface area is 137 Å². The fourth-order valence-electron chi connectivity index (χ4n) is 2.79. The van der Waals surface area contributed by atoms with E-state index < -0.39 is 0 Å². The first kappa shape index (κ1) is 16.6. The van der Waals surface area contributed by atoms with Crippen LogP contribution in [0, 0.1) is 22.8 Å². The van der Waals surface area contributed by atoms with Gasteiger partial charge in [0.1, 0.15) is 11.8 Å². The second-order valence-corrected chi connectivity index (χ2v) is 6.51. The van der Waals surface area contributed by atoms with Crippen molar-refractivity contribution in [2.45, 2.75) is 26.7 Å². The van der Waals surface area contributed by atoms with E-state index in [-0.39, 0.29) is 11.2 Å². The number of hydrogen-bond acceptors (Lipinski definition) is 2. The van der Waals surface area contributed by atoms with Gasteiger partial charge in [-0.3, -0.25) is 0 Å². The Kier molecular flexibility index (Phi) is 5.04. The summed E-state index contributed by atoms with van der Waals surface area (Å²) in [5, 5.41) is 18.6. The zero-order valence-corrected chi connectivity index (χ0v) is 13.8. The number of nitrogens with zero attached hydrogens (tertiary/aromatic N) is 2. The molecule has 0 aromatic heterocycles. The fraction of sp³-hybridized carbons (Fsp3) is 0.300. The largest absolute Gasteiger partial charge is 0.508 e. The maximum atomic E-state index is 9.33. The van der Waals surface area contributed by atoms with Gasteiger partial charge in [0.15, 0.2) is 5.57 Å². The molecule has 0 unspecified atom stereocenters. The summed E-state index contributed by atoms with van der Waals surface area (Å²) in [7, 11) is 1.63. The lowest BCUT2D eigenvalue weighted by molar-refractivity contribution is 0.354. The van der Waals surface area contributed by atoms with Crippen molar-refractivity contribution in [2.24, 2.45) is 5.41 Å². The third-order valence-electron chi connectivity index (χ3n) is 3.75. The van der Waals surface area contributed by atoms with Gasteiger partial charge in [-0.25, -0.2) is 0 Å². The van der Waals surface area contributed by atoms with Crippen LogP contribution in [0.5, 0.6) is 5.75 Å². The minimum atomic E-state index is 0.0935. The molecule has 0 bridgehead atoms. The number of nitriles is 1. The van der Waals surface area contributed by atoms with Gasteiger partial charge in [0, 0.05) is 0 Å². The predicted octanol–water partition coefficient (Wildman–Crippen LogP) is 4.93. The van der Waals surface area contributed by atoms with Crippen molar-refractivity contribution in [2.75, 3.05) is 7.05 Å². The van der Waals surface area contributed by atoms with Gasteiger partial charge in [-0.1, -0.05) is 49.1 Å². The van der Waals surface area contributed by atoms with Crippen LogP contribution >= 0.6 is 0 Å². The zero-order chi connectivity index (χ0) is 16.9. The molecule has 0 radical (unpaired) electrons. The number of rotatable bonds is 2. The maximum absolute atomic E-state index is 9.33. The minimum absolute atomic E-state index is 0.0935. The van der Waals surface area contributed by atoms with Crippen LogP contribution in [0.3, 0.4) is 0 Å². The number of hydrogen-bond donors (Lipinski definition) is 1. The van der Waals surface area contributed by atoms with E-state index in [1.54, 1.807) is 19.2 Å². The third-order valence-corrected chi connectivity index (χ3v) is 3.75. The molecule has 0 atom stereocenters. The molecule has 0 amide bonds. The second kappa shape index (κ2) is 6.99. The number of allylic oxidation sites excluding steroid dienone is 5. The Bertz CT molecular complexity index is 776. The average molecular weight is 305 g/mol. The molecule has 23 heavy (non-hydrogen) atoms. The Morgan fingerprint density at radius 2 is 1.91 bits per heavy atom. The molecule has 1 N–H and O–H groups in total. The highest BCUT2D eigenvalue weighted by molar-refractivity contribution is 5.57. The lowest BCUT2D eigenvalue weighted by Gasteiger charge is -2.30. The quantitative estimate of drug-likeness (QED) is 0.787. The van der Waals surface area contributed by atoms with E-state index in [9.17, 15) is 10.4 Å².